The minimum atomic E-state index is -0.455. The average Bonchev–Trinajstić information content (AvgIpc) is 3.00. The molecule has 0 radical (unpaired) electrons. The maximum atomic E-state index is 12.4. The van der Waals surface area contributed by atoms with Crippen LogP contribution in [0.4, 0.5) is 5.95 Å². The Kier molecular flexibility index (Phi) is 3.59. The Bertz CT molecular complexity index is 1090. The molecule has 0 unspecified atom stereocenters. The molecule has 0 saturated carbocycles. The monoisotopic (exact) mass is 331 g/mol. The third-order valence-electron chi connectivity index (χ3n) is 3.71. The number of fused-ring (bicyclic) bond motifs is 1. The number of carbonyl (C=O) groups excluding carboxylic acids is 1. The van der Waals surface area contributed by atoms with Crippen molar-refractivity contribution in [3.8, 4) is 5.69 Å². The van der Waals surface area contributed by atoms with Gasteiger partial charge in [0.2, 0.25) is 5.95 Å². The number of hydrogen-bond donors (Lipinski definition) is 2. The van der Waals surface area contributed by atoms with Crippen LogP contribution < -0.4 is 10.9 Å². The van der Waals surface area contributed by atoms with Crippen LogP contribution in [0.15, 0.2) is 71.5 Å². The van der Waals surface area contributed by atoms with E-state index in [0.29, 0.717) is 5.95 Å². The highest BCUT2D eigenvalue weighted by molar-refractivity contribution is 6.02. The van der Waals surface area contributed by atoms with Crippen molar-refractivity contribution in [1.29, 1.82) is 0 Å². The molecule has 2 aromatic heterocycles. The molecule has 0 bridgehead atoms. The summed E-state index contributed by atoms with van der Waals surface area (Å²) in [6, 6.07) is 19.9. The zero-order valence-electron chi connectivity index (χ0n) is 13.0. The van der Waals surface area contributed by atoms with E-state index in [9.17, 15) is 9.59 Å². The fraction of sp³-hybridized carbons (Fsp3) is 0. The second-order valence-corrected chi connectivity index (χ2v) is 5.36. The van der Waals surface area contributed by atoms with Crippen molar-refractivity contribution < 1.29 is 4.79 Å². The smallest absolute Gasteiger partial charge is 0.278 e. The Morgan fingerprint density at radius 1 is 0.960 bits per heavy atom. The van der Waals surface area contributed by atoms with Crippen LogP contribution in [0.25, 0.3) is 16.7 Å². The first-order valence-electron chi connectivity index (χ1n) is 7.62. The van der Waals surface area contributed by atoms with Crippen molar-refractivity contribution in [3.63, 3.8) is 0 Å². The van der Waals surface area contributed by atoms with Crippen molar-refractivity contribution in [1.82, 2.24) is 19.7 Å². The molecule has 1 amide bonds. The molecule has 122 valence electrons. The average molecular weight is 331 g/mol. The Balaban J connectivity index is 1.80. The number of aromatic amines is 1. The molecule has 2 aromatic carbocycles. The summed E-state index contributed by atoms with van der Waals surface area (Å²) < 4.78 is 1.86. The molecule has 0 spiro atoms. The van der Waals surface area contributed by atoms with E-state index < -0.39 is 5.91 Å². The molecule has 0 aliphatic carbocycles. The van der Waals surface area contributed by atoms with Crippen molar-refractivity contribution in [2.45, 2.75) is 0 Å². The van der Waals surface area contributed by atoms with Crippen molar-refractivity contribution in [2.75, 3.05) is 5.32 Å². The zero-order valence-corrected chi connectivity index (χ0v) is 13.0. The molecule has 0 aliphatic heterocycles. The fourth-order valence-electron chi connectivity index (χ4n) is 2.58. The minimum absolute atomic E-state index is 0.103. The van der Waals surface area contributed by atoms with Gasteiger partial charge in [-0.15, -0.1) is 0 Å². The van der Waals surface area contributed by atoms with E-state index in [-0.39, 0.29) is 11.3 Å². The molecule has 2 N–H and O–H groups in total. The van der Waals surface area contributed by atoms with E-state index >= 15 is 0 Å². The number of benzene rings is 2. The van der Waals surface area contributed by atoms with Crippen molar-refractivity contribution in [2.24, 2.45) is 0 Å². The molecule has 0 saturated heterocycles. The Hall–Kier alpha value is -3.74. The molecule has 4 rings (SSSR count). The van der Waals surface area contributed by atoms with Gasteiger partial charge in [0.05, 0.1) is 11.0 Å². The van der Waals surface area contributed by atoms with Gasteiger partial charge in [-0.3, -0.25) is 19.5 Å². The van der Waals surface area contributed by atoms with Gasteiger partial charge in [-0.2, -0.15) is 5.10 Å². The second-order valence-electron chi connectivity index (χ2n) is 5.36. The first-order chi connectivity index (χ1) is 12.2. The molecule has 25 heavy (non-hydrogen) atoms. The molecule has 0 aliphatic rings. The quantitative estimate of drug-likeness (QED) is 0.603. The minimum Gasteiger partial charge on any atom is -0.290 e. The summed E-state index contributed by atoms with van der Waals surface area (Å²) in [6.45, 7) is 0. The maximum Gasteiger partial charge on any atom is 0.278 e. The van der Waals surface area contributed by atoms with E-state index in [4.69, 9.17) is 0 Å². The highest BCUT2D eigenvalue weighted by Gasteiger charge is 2.16. The van der Waals surface area contributed by atoms with E-state index in [1.807, 2.05) is 59.2 Å². The van der Waals surface area contributed by atoms with Gasteiger partial charge in [-0.05, 0) is 30.3 Å². The number of aromatic nitrogens is 4. The Morgan fingerprint density at radius 2 is 1.72 bits per heavy atom. The number of amides is 1. The summed E-state index contributed by atoms with van der Waals surface area (Å²) in [5.74, 6) is -0.0749. The SMILES string of the molecule is O=C(Nc1nc2ccccc2n1-c1ccccc1)c1ccc(=O)[nH]n1. The normalized spacial score (nSPS) is 10.7. The molecule has 2 heterocycles. The van der Waals surface area contributed by atoms with Gasteiger partial charge in [0, 0.05) is 11.8 Å². The van der Waals surface area contributed by atoms with Crippen molar-refractivity contribution >= 4 is 22.9 Å². The van der Waals surface area contributed by atoms with Crippen LogP contribution >= 0.6 is 0 Å². The molecular weight excluding hydrogens is 318 g/mol. The van der Waals surface area contributed by atoms with Crippen LogP contribution in [0.3, 0.4) is 0 Å². The predicted molar refractivity (Wildman–Crippen MR) is 93.9 cm³/mol. The first-order valence-corrected chi connectivity index (χ1v) is 7.62. The van der Waals surface area contributed by atoms with Gasteiger partial charge >= 0.3 is 0 Å². The van der Waals surface area contributed by atoms with Crippen LogP contribution in [-0.2, 0) is 0 Å². The number of carbonyl (C=O) groups is 1. The van der Waals surface area contributed by atoms with Crippen LogP contribution in [-0.4, -0.2) is 25.7 Å². The summed E-state index contributed by atoms with van der Waals surface area (Å²) in [6.07, 6.45) is 0. The molecule has 0 fully saturated rings. The molecule has 4 aromatic rings. The lowest BCUT2D eigenvalue weighted by atomic mass is 10.3. The first kappa shape index (κ1) is 14.8. The third kappa shape index (κ3) is 2.78. The standard InChI is InChI=1S/C18H13N5O2/c24-16-11-10-14(21-22-16)17(25)20-18-19-13-8-4-5-9-15(13)23(18)12-6-2-1-3-7-12/h1-11H,(H,22,24)(H,19,20,25). The van der Waals surface area contributed by atoms with E-state index in [0.717, 1.165) is 16.7 Å². The lowest BCUT2D eigenvalue weighted by molar-refractivity contribution is 0.102. The Morgan fingerprint density at radius 3 is 2.48 bits per heavy atom. The summed E-state index contributed by atoms with van der Waals surface area (Å²) in [5, 5.41) is 8.75. The van der Waals surface area contributed by atoms with E-state index in [2.05, 4.69) is 20.5 Å². The third-order valence-corrected chi connectivity index (χ3v) is 3.71. The lowest BCUT2D eigenvalue weighted by Crippen LogP contribution is -2.19. The highest BCUT2D eigenvalue weighted by atomic mass is 16.2. The number of imidazole rings is 1. The van der Waals surface area contributed by atoms with Gasteiger partial charge in [-0.1, -0.05) is 30.3 Å². The Labute approximate surface area is 142 Å². The summed E-state index contributed by atoms with van der Waals surface area (Å²) >= 11 is 0. The van der Waals surface area contributed by atoms with Crippen molar-refractivity contribution in [3.05, 3.63) is 82.8 Å². The van der Waals surface area contributed by atoms with Gasteiger partial charge in [-0.25, -0.2) is 10.1 Å². The predicted octanol–water partition coefficient (Wildman–Crippen LogP) is 2.36. The summed E-state index contributed by atoms with van der Waals surface area (Å²) in [5.41, 5.74) is 2.25. The second kappa shape index (κ2) is 6.04. The van der Waals surface area contributed by atoms with Gasteiger partial charge in [0.15, 0.2) is 0 Å². The number of para-hydroxylation sites is 3. The number of rotatable bonds is 3. The number of hydrogen-bond acceptors (Lipinski definition) is 4. The van der Waals surface area contributed by atoms with Crippen LogP contribution in [0.5, 0.6) is 0 Å². The topological polar surface area (TPSA) is 92.7 Å². The highest BCUT2D eigenvalue weighted by Crippen LogP contribution is 2.24. The van der Waals surface area contributed by atoms with Crippen LogP contribution in [0.2, 0.25) is 0 Å². The molecule has 0 atom stereocenters. The number of nitrogens with zero attached hydrogens (tertiary/aromatic N) is 3. The van der Waals surface area contributed by atoms with E-state index in [1.165, 1.54) is 12.1 Å². The summed E-state index contributed by atoms with van der Waals surface area (Å²) in [7, 11) is 0. The zero-order chi connectivity index (χ0) is 17.2. The molecular formula is C18H13N5O2. The van der Waals surface area contributed by atoms with Crippen LogP contribution in [0.1, 0.15) is 10.5 Å². The van der Waals surface area contributed by atoms with Gasteiger partial charge < -0.3 is 0 Å². The number of anilines is 1. The number of H-pyrrole nitrogens is 1. The summed E-state index contributed by atoms with van der Waals surface area (Å²) in [4.78, 5) is 28.0. The largest absolute Gasteiger partial charge is 0.290 e. The van der Waals surface area contributed by atoms with Gasteiger partial charge in [0.25, 0.3) is 11.5 Å². The number of nitrogens with one attached hydrogen (secondary N) is 2. The maximum absolute atomic E-state index is 12.4. The lowest BCUT2D eigenvalue weighted by Gasteiger charge is -2.09. The van der Waals surface area contributed by atoms with Gasteiger partial charge in [0.1, 0.15) is 5.69 Å². The molecule has 7 nitrogen and oxygen atoms in total. The molecule has 7 heteroatoms. The van der Waals surface area contributed by atoms with Crippen LogP contribution in [0, 0.1) is 0 Å². The van der Waals surface area contributed by atoms with E-state index in [1.54, 1.807) is 0 Å². The fourth-order valence-corrected chi connectivity index (χ4v) is 2.58.